The lowest BCUT2D eigenvalue weighted by Crippen LogP contribution is -2.42. The highest BCUT2D eigenvalue weighted by Crippen LogP contribution is 2.32. The minimum atomic E-state index is -1.22. The Kier molecular flexibility index (Phi) is 19.8. The van der Waals surface area contributed by atoms with Gasteiger partial charge in [-0.1, -0.05) is 51.4 Å². The molecule has 4 amide bonds. The van der Waals surface area contributed by atoms with Gasteiger partial charge in [0.1, 0.15) is 0 Å². The quantitative estimate of drug-likeness (QED) is 0.0676. The van der Waals surface area contributed by atoms with Gasteiger partial charge in [0, 0.05) is 40.3 Å². The van der Waals surface area contributed by atoms with E-state index < -0.39 is 47.5 Å². The number of carbonyl (C=O) groups is 4. The molecule has 2 aliphatic rings. The maximum Gasteiger partial charge on any atom is 0.404 e. The zero-order valence-electron chi connectivity index (χ0n) is 32.2. The molecule has 20 nitrogen and oxygen atoms in total. The predicted octanol–water partition coefficient (Wildman–Crippen LogP) is 3.21. The van der Waals surface area contributed by atoms with Crippen molar-refractivity contribution in [3.8, 4) is 0 Å². The molecule has 2 aromatic rings. The van der Waals surface area contributed by atoms with E-state index in [1.54, 1.807) is 0 Å². The van der Waals surface area contributed by atoms with Gasteiger partial charge in [-0.05, 0) is 47.9 Å². The average Bonchev–Trinajstić information content (AvgIpc) is 3.90. The Labute approximate surface area is 343 Å². The molecule has 2 aromatic heterocycles. The van der Waals surface area contributed by atoms with E-state index in [-0.39, 0.29) is 73.2 Å². The minimum Gasteiger partial charge on any atom is -0.465 e. The zero-order valence-corrected chi connectivity index (χ0v) is 33.8. The number of aliphatic hydroxyl groups is 2. The van der Waals surface area contributed by atoms with Crippen LogP contribution in [0.2, 0.25) is 10.6 Å². The first-order chi connectivity index (χ1) is 27.6. The fraction of sp³-hybridized carbons (Fsp3) is 0.647. The Balaban J connectivity index is 0.000000310. The van der Waals surface area contributed by atoms with Gasteiger partial charge in [0.2, 0.25) is 34.0 Å². The topological polar surface area (TPSA) is 279 Å². The van der Waals surface area contributed by atoms with Gasteiger partial charge in [-0.15, -0.1) is 0 Å². The van der Waals surface area contributed by atoms with E-state index in [0.29, 0.717) is 24.7 Å². The molecule has 10 N–H and O–H groups in total. The Hall–Kier alpha value is -4.80. The van der Waals surface area contributed by atoms with E-state index in [2.05, 4.69) is 52.3 Å². The summed E-state index contributed by atoms with van der Waals surface area (Å²) in [6, 6.07) is 0. The molecule has 0 aliphatic heterocycles. The van der Waals surface area contributed by atoms with Crippen molar-refractivity contribution in [2.24, 2.45) is 23.7 Å². The third-order valence-corrected chi connectivity index (χ3v) is 10.1. The molecule has 0 saturated heterocycles. The maximum atomic E-state index is 14.6. The number of aromatic nitrogens is 4. The standard InChI is InChI=1S/2C17H26ClFN6O4/c2*1-25(6-7-26)14-12(19)13(21-16(18)22-14)23-24-15(27)11(9-20-17(28)29)8-10-4-2-3-5-10/h2*10-11,20,26H,2-9H2,1H3,(H,24,27)(H,28,29)(H,21,22,23)/t2*11-/m11/s1. The Morgan fingerprint density at radius 3 is 1.33 bits per heavy atom. The van der Waals surface area contributed by atoms with Crippen LogP contribution >= 0.6 is 23.2 Å². The van der Waals surface area contributed by atoms with Gasteiger partial charge in [-0.2, -0.15) is 28.7 Å². The van der Waals surface area contributed by atoms with Gasteiger partial charge < -0.3 is 40.9 Å². The second-order valence-electron chi connectivity index (χ2n) is 14.0. The molecule has 24 heteroatoms. The largest absolute Gasteiger partial charge is 0.465 e. The van der Waals surface area contributed by atoms with Crippen LogP contribution in [0.1, 0.15) is 64.2 Å². The summed E-state index contributed by atoms with van der Waals surface area (Å²) in [6.45, 7) is -0.262. The summed E-state index contributed by atoms with van der Waals surface area (Å²) in [5, 5.41) is 39.7. The molecule has 0 aromatic carbocycles. The predicted molar refractivity (Wildman–Crippen MR) is 210 cm³/mol. The van der Waals surface area contributed by atoms with Crippen LogP contribution in [0.3, 0.4) is 0 Å². The molecule has 324 valence electrons. The third kappa shape index (κ3) is 15.5. The van der Waals surface area contributed by atoms with Gasteiger partial charge in [0.25, 0.3) is 0 Å². The Bertz CT molecular complexity index is 1560. The number of nitrogens with one attached hydrogen (secondary N) is 6. The molecular formula is C34H52Cl2F2N12O8. The number of anilines is 4. The Morgan fingerprint density at radius 1 is 0.672 bits per heavy atom. The number of hydrogen-bond acceptors (Lipinski definition) is 14. The highest BCUT2D eigenvalue weighted by molar-refractivity contribution is 6.28. The van der Waals surface area contributed by atoms with Crippen LogP contribution in [0.5, 0.6) is 0 Å². The molecule has 2 fully saturated rings. The smallest absolute Gasteiger partial charge is 0.404 e. The van der Waals surface area contributed by atoms with E-state index in [1.165, 1.54) is 23.9 Å². The maximum absolute atomic E-state index is 14.6. The molecule has 0 spiro atoms. The number of hydrogen-bond donors (Lipinski definition) is 10. The summed E-state index contributed by atoms with van der Waals surface area (Å²) in [5.74, 6) is -4.10. The van der Waals surface area contributed by atoms with Crippen molar-refractivity contribution in [3.63, 3.8) is 0 Å². The fourth-order valence-electron chi connectivity index (χ4n) is 6.73. The van der Waals surface area contributed by atoms with Crippen molar-refractivity contribution in [2.75, 3.05) is 74.1 Å². The second-order valence-corrected chi connectivity index (χ2v) is 14.7. The summed E-state index contributed by atoms with van der Waals surface area (Å²) in [6.07, 6.45) is 7.02. The van der Waals surface area contributed by atoms with Crippen molar-refractivity contribution in [2.45, 2.75) is 64.2 Å². The summed E-state index contributed by atoms with van der Waals surface area (Å²) in [7, 11) is 3.05. The van der Waals surface area contributed by atoms with E-state index in [1.807, 2.05) is 0 Å². The number of rotatable bonds is 20. The first-order valence-electron chi connectivity index (χ1n) is 18.8. The van der Waals surface area contributed by atoms with Gasteiger partial charge in [-0.25, -0.2) is 9.59 Å². The normalized spacial score (nSPS) is 15.0. The van der Waals surface area contributed by atoms with Gasteiger partial charge in [0.05, 0.1) is 25.0 Å². The summed E-state index contributed by atoms with van der Waals surface area (Å²) >= 11 is 11.7. The van der Waals surface area contributed by atoms with E-state index in [0.717, 1.165) is 51.4 Å². The lowest BCUT2D eigenvalue weighted by molar-refractivity contribution is -0.125. The van der Waals surface area contributed by atoms with E-state index >= 15 is 0 Å². The first kappa shape index (κ1) is 47.6. The lowest BCUT2D eigenvalue weighted by Gasteiger charge is -2.21. The molecule has 58 heavy (non-hydrogen) atoms. The molecule has 0 unspecified atom stereocenters. The zero-order chi connectivity index (χ0) is 42.8. The summed E-state index contributed by atoms with van der Waals surface area (Å²) < 4.78 is 29.3. The molecule has 2 heterocycles. The highest BCUT2D eigenvalue weighted by atomic mass is 35.5. The Morgan fingerprint density at radius 2 is 1.02 bits per heavy atom. The lowest BCUT2D eigenvalue weighted by atomic mass is 9.92. The number of amides is 4. The van der Waals surface area contributed by atoms with Crippen molar-refractivity contribution in [1.82, 2.24) is 41.4 Å². The van der Waals surface area contributed by atoms with Crippen LogP contribution < -0.4 is 42.1 Å². The highest BCUT2D eigenvalue weighted by Gasteiger charge is 2.28. The average molecular weight is 866 g/mol. The first-order valence-corrected chi connectivity index (χ1v) is 19.5. The van der Waals surface area contributed by atoms with Gasteiger partial charge >= 0.3 is 12.2 Å². The molecule has 2 aliphatic carbocycles. The molecule has 0 bridgehead atoms. The number of carbonyl (C=O) groups excluding carboxylic acids is 2. The number of carboxylic acid groups (broad SMARTS) is 2. The van der Waals surface area contributed by atoms with Crippen molar-refractivity contribution >= 4 is 70.5 Å². The van der Waals surface area contributed by atoms with Crippen LogP contribution in [-0.2, 0) is 9.59 Å². The number of hydrazine groups is 2. The van der Waals surface area contributed by atoms with Gasteiger partial charge in [0.15, 0.2) is 23.3 Å². The number of nitrogens with zero attached hydrogens (tertiary/aromatic N) is 6. The molecule has 0 radical (unpaired) electrons. The van der Waals surface area contributed by atoms with Gasteiger partial charge in [-0.3, -0.25) is 31.3 Å². The van der Waals surface area contributed by atoms with Crippen molar-refractivity contribution in [1.29, 1.82) is 0 Å². The molecule has 2 saturated carbocycles. The molecular weight excluding hydrogens is 813 g/mol. The minimum absolute atomic E-state index is 0.0448. The monoisotopic (exact) mass is 864 g/mol. The van der Waals surface area contributed by atoms with Crippen LogP contribution in [-0.4, -0.2) is 118 Å². The number of halogens is 4. The summed E-state index contributed by atoms with van der Waals surface area (Å²) in [4.78, 5) is 64.6. The third-order valence-electron chi connectivity index (χ3n) is 9.74. The van der Waals surface area contributed by atoms with E-state index in [9.17, 15) is 28.0 Å². The second kappa shape index (κ2) is 24.2. The van der Waals surface area contributed by atoms with Crippen LogP contribution in [0.4, 0.5) is 41.6 Å². The summed E-state index contributed by atoms with van der Waals surface area (Å²) in [5.41, 5.74) is 9.59. The van der Waals surface area contributed by atoms with Crippen LogP contribution in [0.25, 0.3) is 0 Å². The van der Waals surface area contributed by atoms with Crippen molar-refractivity contribution < 1.29 is 48.4 Å². The van der Waals surface area contributed by atoms with E-state index in [4.69, 9.17) is 43.6 Å². The van der Waals surface area contributed by atoms with Crippen LogP contribution in [0, 0.1) is 35.3 Å². The SMILES string of the molecule is CN(CCO)c1nc(Cl)nc(NNC(=O)[C@@H](CNC(=O)O)CC2CCCC2)c1F.CN(CCO)c1nc(Cl)nc(NNC(=O)[C@@H](CNC(=O)O)CC2CCCC2)c1F. The number of likely N-dealkylation sites (N-methyl/N-ethyl adjacent to an activating group) is 2. The molecule has 2 atom stereocenters. The van der Waals surface area contributed by atoms with Crippen molar-refractivity contribution in [3.05, 3.63) is 22.2 Å². The van der Waals surface area contributed by atoms with Crippen LogP contribution in [0.15, 0.2) is 0 Å². The fourth-order valence-corrected chi connectivity index (χ4v) is 7.06. The number of aliphatic hydroxyl groups excluding tert-OH is 2. The molecule has 4 rings (SSSR count).